The molecule has 5 nitrogen and oxygen atoms in total. The molecule has 1 aliphatic heterocycles. The summed E-state index contributed by atoms with van der Waals surface area (Å²) in [6.45, 7) is 4.19. The lowest BCUT2D eigenvalue weighted by Gasteiger charge is -2.17. The van der Waals surface area contributed by atoms with E-state index >= 15 is 0 Å². The SMILES string of the molecule is CCCS(=O)(=O)N[C@H]1CC(=O)N(c2ccc(C)cc2)C1. The standard InChI is InChI=1S/C14H20N2O3S/c1-3-8-20(18,19)15-12-9-14(17)16(10-12)13-6-4-11(2)5-7-13/h4-7,12,15H,3,8-10H2,1-2H3/t12-/m0/s1. The summed E-state index contributed by atoms with van der Waals surface area (Å²) in [6.07, 6.45) is 0.786. The van der Waals surface area contributed by atoms with Gasteiger partial charge in [0, 0.05) is 24.7 Å². The van der Waals surface area contributed by atoms with E-state index in [1.54, 1.807) is 4.90 Å². The summed E-state index contributed by atoms with van der Waals surface area (Å²) in [4.78, 5) is 13.6. The first-order chi connectivity index (χ1) is 9.41. The normalized spacial score (nSPS) is 19.6. The average molecular weight is 296 g/mol. The van der Waals surface area contributed by atoms with Gasteiger partial charge in [0.05, 0.1) is 5.75 Å². The second kappa shape index (κ2) is 5.93. The second-order valence-electron chi connectivity index (χ2n) is 5.18. The maximum absolute atomic E-state index is 12.0. The molecule has 1 amide bonds. The lowest BCUT2D eigenvalue weighted by Crippen LogP contribution is -2.38. The molecule has 0 saturated carbocycles. The molecule has 1 aromatic carbocycles. The molecule has 6 heteroatoms. The highest BCUT2D eigenvalue weighted by Crippen LogP contribution is 2.22. The molecule has 0 spiro atoms. The number of nitrogens with zero attached hydrogens (tertiary/aromatic N) is 1. The van der Waals surface area contributed by atoms with Crippen LogP contribution in [0.5, 0.6) is 0 Å². The van der Waals surface area contributed by atoms with E-state index in [-0.39, 0.29) is 24.1 Å². The Balaban J connectivity index is 2.06. The van der Waals surface area contributed by atoms with Gasteiger partial charge in [-0.15, -0.1) is 0 Å². The van der Waals surface area contributed by atoms with Gasteiger partial charge >= 0.3 is 0 Å². The Morgan fingerprint density at radius 2 is 1.95 bits per heavy atom. The van der Waals surface area contributed by atoms with Crippen LogP contribution in [0.25, 0.3) is 0 Å². The van der Waals surface area contributed by atoms with Crippen LogP contribution in [0, 0.1) is 6.92 Å². The van der Waals surface area contributed by atoms with Crippen LogP contribution < -0.4 is 9.62 Å². The van der Waals surface area contributed by atoms with Gasteiger partial charge < -0.3 is 4.90 Å². The van der Waals surface area contributed by atoms with Crippen LogP contribution in [0.1, 0.15) is 25.3 Å². The van der Waals surface area contributed by atoms with Gasteiger partial charge in [0.1, 0.15) is 0 Å². The van der Waals surface area contributed by atoms with Crippen LogP contribution in [0.3, 0.4) is 0 Å². The van der Waals surface area contributed by atoms with Crippen molar-refractivity contribution in [1.82, 2.24) is 4.72 Å². The van der Waals surface area contributed by atoms with Crippen molar-refractivity contribution >= 4 is 21.6 Å². The first-order valence-corrected chi connectivity index (χ1v) is 8.43. The van der Waals surface area contributed by atoms with E-state index in [0.717, 1.165) is 11.3 Å². The summed E-state index contributed by atoms with van der Waals surface area (Å²) >= 11 is 0. The molecule has 0 aliphatic carbocycles. The number of amides is 1. The number of carbonyl (C=O) groups is 1. The quantitative estimate of drug-likeness (QED) is 0.894. The highest BCUT2D eigenvalue weighted by Gasteiger charge is 2.32. The molecule has 1 atom stereocenters. The maximum atomic E-state index is 12.0. The van der Waals surface area contributed by atoms with Gasteiger partial charge in [-0.2, -0.15) is 0 Å². The highest BCUT2D eigenvalue weighted by atomic mass is 32.2. The number of hydrogen-bond acceptors (Lipinski definition) is 3. The minimum atomic E-state index is -3.28. The van der Waals surface area contributed by atoms with Crippen LogP contribution >= 0.6 is 0 Å². The zero-order chi connectivity index (χ0) is 14.8. The third-order valence-corrected chi connectivity index (χ3v) is 4.93. The first kappa shape index (κ1) is 15.0. The predicted octanol–water partition coefficient (Wildman–Crippen LogP) is 1.43. The molecular weight excluding hydrogens is 276 g/mol. The van der Waals surface area contributed by atoms with Crippen molar-refractivity contribution < 1.29 is 13.2 Å². The Morgan fingerprint density at radius 3 is 2.55 bits per heavy atom. The Bertz CT molecular complexity index is 581. The van der Waals surface area contributed by atoms with Crippen molar-refractivity contribution in [1.29, 1.82) is 0 Å². The number of sulfonamides is 1. The Morgan fingerprint density at radius 1 is 1.30 bits per heavy atom. The smallest absolute Gasteiger partial charge is 0.228 e. The summed E-state index contributed by atoms with van der Waals surface area (Å²) in [5, 5.41) is 0. The van der Waals surface area contributed by atoms with Gasteiger partial charge in [-0.3, -0.25) is 4.79 Å². The lowest BCUT2D eigenvalue weighted by molar-refractivity contribution is -0.117. The van der Waals surface area contributed by atoms with E-state index in [2.05, 4.69) is 4.72 Å². The first-order valence-electron chi connectivity index (χ1n) is 6.78. The van der Waals surface area contributed by atoms with Crippen molar-refractivity contribution in [3.8, 4) is 0 Å². The van der Waals surface area contributed by atoms with Crippen LogP contribution in [-0.2, 0) is 14.8 Å². The van der Waals surface area contributed by atoms with Crippen LogP contribution in [0.15, 0.2) is 24.3 Å². The summed E-state index contributed by atoms with van der Waals surface area (Å²) < 4.78 is 26.1. The molecule has 1 aliphatic rings. The Labute approximate surface area is 120 Å². The minimum Gasteiger partial charge on any atom is -0.311 e. The van der Waals surface area contributed by atoms with E-state index in [1.807, 2.05) is 38.1 Å². The molecule has 2 rings (SSSR count). The molecule has 0 radical (unpaired) electrons. The molecule has 0 unspecified atom stereocenters. The van der Waals surface area contributed by atoms with Gasteiger partial charge in [-0.25, -0.2) is 13.1 Å². The van der Waals surface area contributed by atoms with E-state index < -0.39 is 10.0 Å². The number of hydrogen-bond donors (Lipinski definition) is 1. The largest absolute Gasteiger partial charge is 0.311 e. The summed E-state index contributed by atoms with van der Waals surface area (Å²) in [7, 11) is -3.28. The van der Waals surface area contributed by atoms with Crippen molar-refractivity contribution in [2.24, 2.45) is 0 Å². The van der Waals surface area contributed by atoms with Crippen molar-refractivity contribution in [2.75, 3.05) is 17.2 Å². The van der Waals surface area contributed by atoms with E-state index in [4.69, 9.17) is 0 Å². The summed E-state index contributed by atoms with van der Waals surface area (Å²) in [6, 6.07) is 7.32. The zero-order valence-electron chi connectivity index (χ0n) is 11.8. The zero-order valence-corrected chi connectivity index (χ0v) is 12.6. The van der Waals surface area contributed by atoms with Crippen molar-refractivity contribution in [3.63, 3.8) is 0 Å². The van der Waals surface area contributed by atoms with Crippen molar-refractivity contribution in [3.05, 3.63) is 29.8 Å². The topological polar surface area (TPSA) is 66.5 Å². The molecule has 20 heavy (non-hydrogen) atoms. The molecule has 1 N–H and O–H groups in total. The lowest BCUT2D eigenvalue weighted by atomic mass is 10.2. The molecule has 110 valence electrons. The highest BCUT2D eigenvalue weighted by molar-refractivity contribution is 7.89. The molecule has 1 fully saturated rings. The summed E-state index contributed by atoms with van der Waals surface area (Å²) in [5.41, 5.74) is 1.94. The van der Waals surface area contributed by atoms with Gasteiger partial charge in [0.15, 0.2) is 0 Å². The molecule has 1 saturated heterocycles. The van der Waals surface area contributed by atoms with Crippen LogP contribution in [-0.4, -0.2) is 32.7 Å². The van der Waals surface area contributed by atoms with Crippen molar-refractivity contribution in [2.45, 2.75) is 32.7 Å². The molecule has 1 heterocycles. The number of carbonyl (C=O) groups excluding carboxylic acids is 1. The van der Waals surface area contributed by atoms with Crippen LogP contribution in [0.4, 0.5) is 5.69 Å². The fourth-order valence-corrected chi connectivity index (χ4v) is 3.66. The number of anilines is 1. The van der Waals surface area contributed by atoms with Gasteiger partial charge in [0.25, 0.3) is 0 Å². The van der Waals surface area contributed by atoms with E-state index in [0.29, 0.717) is 13.0 Å². The number of rotatable bonds is 5. The van der Waals surface area contributed by atoms with Gasteiger partial charge in [-0.1, -0.05) is 24.6 Å². The molecule has 0 bridgehead atoms. The molecule has 0 aromatic heterocycles. The number of benzene rings is 1. The predicted molar refractivity (Wildman–Crippen MR) is 79.2 cm³/mol. The second-order valence-corrected chi connectivity index (χ2v) is 7.05. The minimum absolute atomic E-state index is 0.0435. The molecule has 1 aromatic rings. The third-order valence-electron chi connectivity index (χ3n) is 3.29. The Kier molecular flexibility index (Phi) is 4.45. The summed E-state index contributed by atoms with van der Waals surface area (Å²) in [5.74, 6) is 0.0560. The number of aryl methyl sites for hydroxylation is 1. The third kappa shape index (κ3) is 3.58. The molecular formula is C14H20N2O3S. The van der Waals surface area contributed by atoms with E-state index in [1.165, 1.54) is 0 Å². The fraction of sp³-hybridized carbons (Fsp3) is 0.500. The van der Waals surface area contributed by atoms with Crippen LogP contribution in [0.2, 0.25) is 0 Å². The maximum Gasteiger partial charge on any atom is 0.228 e. The van der Waals surface area contributed by atoms with Gasteiger partial charge in [-0.05, 0) is 25.5 Å². The van der Waals surface area contributed by atoms with E-state index in [9.17, 15) is 13.2 Å². The number of nitrogens with one attached hydrogen (secondary N) is 1. The van der Waals surface area contributed by atoms with Gasteiger partial charge in [0.2, 0.25) is 15.9 Å². The fourth-order valence-electron chi connectivity index (χ4n) is 2.34. The Hall–Kier alpha value is -1.40. The monoisotopic (exact) mass is 296 g/mol. The average Bonchev–Trinajstić information content (AvgIpc) is 2.70.